The van der Waals surface area contributed by atoms with Crippen LogP contribution < -0.4 is 5.32 Å². The summed E-state index contributed by atoms with van der Waals surface area (Å²) < 4.78 is 40.7. The molecule has 3 heterocycles. The van der Waals surface area contributed by atoms with Gasteiger partial charge >= 0.3 is 6.18 Å². The Morgan fingerprint density at radius 2 is 1.92 bits per heavy atom. The molecule has 0 atom stereocenters. The molecule has 4 rings (SSSR count). The second-order valence-electron chi connectivity index (χ2n) is 6.75. The first-order valence-corrected chi connectivity index (χ1v) is 8.77. The molecule has 0 unspecified atom stereocenters. The molecule has 2 aliphatic heterocycles. The number of nitrogens with zero attached hydrogens (tertiary/aromatic N) is 3. The van der Waals surface area contributed by atoms with E-state index in [-0.39, 0.29) is 0 Å². The van der Waals surface area contributed by atoms with E-state index in [0.29, 0.717) is 5.69 Å². The summed E-state index contributed by atoms with van der Waals surface area (Å²) >= 11 is 0. The molecule has 4 nitrogen and oxygen atoms in total. The molecular weight excluding hydrogens is 329 g/mol. The Balaban J connectivity index is 1.68. The minimum Gasteiger partial charge on any atom is -0.369 e. The Labute approximate surface area is 144 Å². The summed E-state index contributed by atoms with van der Waals surface area (Å²) in [4.78, 5) is 2.39. The monoisotopic (exact) mass is 350 g/mol. The lowest BCUT2D eigenvalue weighted by Gasteiger charge is -2.25. The number of piperidine rings is 1. The Hall–Kier alpha value is -2.02. The van der Waals surface area contributed by atoms with Crippen LogP contribution in [0.3, 0.4) is 0 Å². The van der Waals surface area contributed by atoms with Gasteiger partial charge in [0.15, 0.2) is 0 Å². The van der Waals surface area contributed by atoms with E-state index in [2.05, 4.69) is 15.3 Å². The minimum absolute atomic E-state index is 0.449. The van der Waals surface area contributed by atoms with E-state index in [1.54, 1.807) is 10.7 Å². The molecule has 0 spiro atoms. The summed E-state index contributed by atoms with van der Waals surface area (Å²) in [5.74, 6) is 0.839. The van der Waals surface area contributed by atoms with Crippen LogP contribution in [0.2, 0.25) is 0 Å². The van der Waals surface area contributed by atoms with Gasteiger partial charge in [0.05, 0.1) is 16.9 Å². The van der Waals surface area contributed by atoms with E-state index >= 15 is 0 Å². The maximum Gasteiger partial charge on any atom is 0.416 e. The zero-order chi connectivity index (χ0) is 17.4. The lowest BCUT2D eigenvalue weighted by Crippen LogP contribution is -2.29. The molecule has 1 saturated heterocycles. The van der Waals surface area contributed by atoms with Crippen molar-refractivity contribution in [3.8, 4) is 5.69 Å². The van der Waals surface area contributed by atoms with Gasteiger partial charge in [0.25, 0.3) is 0 Å². The van der Waals surface area contributed by atoms with Gasteiger partial charge in [0.2, 0.25) is 0 Å². The van der Waals surface area contributed by atoms with Gasteiger partial charge in [-0.25, -0.2) is 4.68 Å². The Kier molecular flexibility index (Phi) is 4.19. The van der Waals surface area contributed by atoms with Crippen molar-refractivity contribution in [1.82, 2.24) is 14.7 Å². The molecule has 0 amide bonds. The highest BCUT2D eigenvalue weighted by Crippen LogP contribution is 2.33. The maximum absolute atomic E-state index is 13.0. The third kappa shape index (κ3) is 3.25. The van der Waals surface area contributed by atoms with E-state index in [1.807, 2.05) is 0 Å². The standard InChI is InChI=1S/C18H21F3N4/c19-18(20,21)13-5-4-6-14(11-13)25-17-15(7-8-22-17)16(23-25)12-24-9-2-1-3-10-24/h4-6,11,22H,1-3,7-10,12H2. The van der Waals surface area contributed by atoms with Gasteiger partial charge < -0.3 is 5.32 Å². The average molecular weight is 350 g/mol. The number of fused-ring (bicyclic) bond motifs is 1. The lowest BCUT2D eigenvalue weighted by molar-refractivity contribution is -0.137. The van der Waals surface area contributed by atoms with Crippen LogP contribution in [0.4, 0.5) is 19.0 Å². The summed E-state index contributed by atoms with van der Waals surface area (Å²) in [6.45, 7) is 3.71. The summed E-state index contributed by atoms with van der Waals surface area (Å²) in [5.41, 5.74) is 1.93. The number of likely N-dealkylation sites (tertiary alicyclic amines) is 1. The van der Waals surface area contributed by atoms with Gasteiger partial charge in [-0.05, 0) is 50.6 Å². The minimum atomic E-state index is -4.35. The van der Waals surface area contributed by atoms with Crippen molar-refractivity contribution >= 4 is 5.82 Å². The first kappa shape index (κ1) is 16.4. The topological polar surface area (TPSA) is 33.1 Å². The molecule has 2 aromatic rings. The number of alkyl halides is 3. The fourth-order valence-corrected chi connectivity index (χ4v) is 3.70. The van der Waals surface area contributed by atoms with Crippen molar-refractivity contribution < 1.29 is 13.2 Å². The van der Waals surface area contributed by atoms with Gasteiger partial charge in [0, 0.05) is 18.7 Å². The molecule has 1 fully saturated rings. The number of halogens is 3. The smallest absolute Gasteiger partial charge is 0.369 e. The number of hydrogen-bond donors (Lipinski definition) is 1. The van der Waals surface area contributed by atoms with E-state index in [0.717, 1.165) is 61.8 Å². The number of anilines is 1. The molecule has 0 aliphatic carbocycles. The predicted octanol–water partition coefficient (Wildman–Crippen LogP) is 3.85. The Morgan fingerprint density at radius 3 is 2.68 bits per heavy atom. The fraction of sp³-hybridized carbons (Fsp3) is 0.500. The Bertz CT molecular complexity index is 760. The molecule has 134 valence electrons. The first-order chi connectivity index (χ1) is 12.0. The molecule has 1 aromatic heterocycles. The van der Waals surface area contributed by atoms with Crippen molar-refractivity contribution in [3.05, 3.63) is 41.1 Å². The molecular formula is C18H21F3N4. The van der Waals surface area contributed by atoms with Gasteiger partial charge in [-0.2, -0.15) is 18.3 Å². The van der Waals surface area contributed by atoms with E-state index in [9.17, 15) is 13.2 Å². The van der Waals surface area contributed by atoms with Crippen molar-refractivity contribution in [2.75, 3.05) is 25.0 Å². The number of benzene rings is 1. The first-order valence-electron chi connectivity index (χ1n) is 8.77. The van der Waals surface area contributed by atoms with Crippen LogP contribution in [0.25, 0.3) is 5.69 Å². The summed E-state index contributed by atoms with van der Waals surface area (Å²) in [5, 5.41) is 7.95. The lowest BCUT2D eigenvalue weighted by atomic mass is 10.1. The summed E-state index contributed by atoms with van der Waals surface area (Å²) in [6, 6.07) is 5.37. The largest absolute Gasteiger partial charge is 0.416 e. The van der Waals surface area contributed by atoms with Crippen LogP contribution >= 0.6 is 0 Å². The van der Waals surface area contributed by atoms with Crippen molar-refractivity contribution in [2.24, 2.45) is 0 Å². The highest BCUT2D eigenvalue weighted by Gasteiger charge is 2.31. The van der Waals surface area contributed by atoms with Crippen LogP contribution in [0.5, 0.6) is 0 Å². The molecule has 25 heavy (non-hydrogen) atoms. The Morgan fingerprint density at radius 1 is 1.12 bits per heavy atom. The number of rotatable bonds is 3. The SMILES string of the molecule is FC(F)(F)c1cccc(-n2nc(CN3CCCCC3)c3c2NCC3)c1. The van der Waals surface area contributed by atoms with Crippen LogP contribution in [0.15, 0.2) is 24.3 Å². The van der Waals surface area contributed by atoms with Gasteiger partial charge in [-0.15, -0.1) is 0 Å². The normalized spacial score (nSPS) is 18.2. The van der Waals surface area contributed by atoms with Crippen molar-refractivity contribution in [3.63, 3.8) is 0 Å². The highest BCUT2D eigenvalue weighted by molar-refractivity contribution is 5.57. The molecule has 0 radical (unpaired) electrons. The number of nitrogens with one attached hydrogen (secondary N) is 1. The fourth-order valence-electron chi connectivity index (χ4n) is 3.70. The second-order valence-corrected chi connectivity index (χ2v) is 6.75. The summed E-state index contributed by atoms with van der Waals surface area (Å²) in [7, 11) is 0. The molecule has 7 heteroatoms. The van der Waals surface area contributed by atoms with Gasteiger partial charge in [-0.3, -0.25) is 4.90 Å². The maximum atomic E-state index is 13.0. The van der Waals surface area contributed by atoms with E-state index < -0.39 is 11.7 Å². The van der Waals surface area contributed by atoms with Crippen molar-refractivity contribution in [1.29, 1.82) is 0 Å². The number of hydrogen-bond acceptors (Lipinski definition) is 3. The average Bonchev–Trinajstić information content (AvgIpc) is 3.19. The molecule has 0 bridgehead atoms. The summed E-state index contributed by atoms with van der Waals surface area (Å²) in [6.07, 6.45) is 0.201. The van der Waals surface area contributed by atoms with Gasteiger partial charge in [-0.1, -0.05) is 12.5 Å². The zero-order valence-corrected chi connectivity index (χ0v) is 13.9. The number of aromatic nitrogens is 2. The highest BCUT2D eigenvalue weighted by atomic mass is 19.4. The van der Waals surface area contributed by atoms with Crippen molar-refractivity contribution in [2.45, 2.75) is 38.4 Å². The molecule has 1 aromatic carbocycles. The third-order valence-corrected chi connectivity index (χ3v) is 4.97. The molecule has 0 saturated carbocycles. The van der Waals surface area contributed by atoms with E-state index in [4.69, 9.17) is 0 Å². The zero-order valence-electron chi connectivity index (χ0n) is 13.9. The third-order valence-electron chi connectivity index (χ3n) is 4.97. The van der Waals surface area contributed by atoms with Crippen LogP contribution in [0.1, 0.15) is 36.1 Å². The predicted molar refractivity (Wildman–Crippen MR) is 89.9 cm³/mol. The van der Waals surface area contributed by atoms with Crippen LogP contribution in [0, 0.1) is 0 Å². The molecule has 1 N–H and O–H groups in total. The van der Waals surface area contributed by atoms with Crippen LogP contribution in [-0.2, 0) is 19.1 Å². The van der Waals surface area contributed by atoms with E-state index in [1.165, 1.54) is 25.3 Å². The second kappa shape index (κ2) is 6.37. The quantitative estimate of drug-likeness (QED) is 0.913. The van der Waals surface area contributed by atoms with Gasteiger partial charge in [0.1, 0.15) is 5.82 Å². The molecule has 2 aliphatic rings. The van der Waals surface area contributed by atoms with Crippen LogP contribution in [-0.4, -0.2) is 34.3 Å².